The summed E-state index contributed by atoms with van der Waals surface area (Å²) in [6.07, 6.45) is 3.20. The number of amides is 1. The number of aromatic nitrogens is 3. The highest BCUT2D eigenvalue weighted by molar-refractivity contribution is 6.03. The lowest BCUT2D eigenvalue weighted by molar-refractivity contribution is 0.0729. The van der Waals surface area contributed by atoms with Crippen molar-refractivity contribution in [2.24, 2.45) is 0 Å². The molecule has 158 valence electrons. The van der Waals surface area contributed by atoms with Crippen molar-refractivity contribution in [3.63, 3.8) is 0 Å². The third-order valence-corrected chi connectivity index (χ3v) is 5.84. The Bertz CT molecular complexity index is 1050. The third kappa shape index (κ3) is 3.87. The lowest BCUT2D eigenvalue weighted by atomic mass is 10.0. The second-order valence-electron chi connectivity index (χ2n) is 7.84. The van der Waals surface area contributed by atoms with Crippen LogP contribution in [0.5, 0.6) is 0 Å². The average Bonchev–Trinajstić information content (AvgIpc) is 3.52. The van der Waals surface area contributed by atoms with E-state index >= 15 is 0 Å². The molecule has 30 heavy (non-hydrogen) atoms. The molecule has 3 aromatic rings. The normalized spacial score (nSPS) is 16.4. The molecule has 3 N–H and O–H groups in total. The molecule has 1 aromatic carbocycles. The number of halogens is 1. The van der Waals surface area contributed by atoms with E-state index in [1.807, 2.05) is 17.0 Å². The molecule has 8 heteroatoms. The minimum atomic E-state index is 0. The van der Waals surface area contributed by atoms with Crippen LogP contribution in [-0.4, -0.2) is 52.2 Å². The Balaban J connectivity index is 0.00000218. The largest absolute Gasteiger partial charge is 0.335 e. The maximum absolute atomic E-state index is 13.3. The molecule has 2 fully saturated rings. The highest BCUT2D eigenvalue weighted by Gasteiger charge is 2.27. The van der Waals surface area contributed by atoms with E-state index in [4.69, 9.17) is 4.98 Å². The average molecular weight is 427 g/mol. The van der Waals surface area contributed by atoms with Gasteiger partial charge in [0.05, 0.1) is 0 Å². The highest BCUT2D eigenvalue weighted by Crippen LogP contribution is 2.40. The number of carbonyl (C=O) groups excluding carboxylic acids is 1. The smallest absolute Gasteiger partial charge is 0.272 e. The van der Waals surface area contributed by atoms with Crippen molar-refractivity contribution in [3.05, 3.63) is 47.3 Å². The van der Waals surface area contributed by atoms with Crippen molar-refractivity contribution in [1.82, 2.24) is 25.4 Å². The third-order valence-electron chi connectivity index (χ3n) is 5.84. The van der Waals surface area contributed by atoms with Crippen LogP contribution in [-0.2, 0) is 6.42 Å². The molecule has 2 aliphatic rings. The Morgan fingerprint density at radius 3 is 2.63 bits per heavy atom. The first-order chi connectivity index (χ1) is 14.2. The Labute approximate surface area is 182 Å². The Morgan fingerprint density at radius 2 is 1.93 bits per heavy atom. The zero-order valence-electron chi connectivity index (χ0n) is 17.1. The number of nitrogens with zero attached hydrogens (tertiary/aromatic N) is 3. The van der Waals surface area contributed by atoms with Crippen molar-refractivity contribution in [1.29, 1.82) is 0 Å². The van der Waals surface area contributed by atoms with Gasteiger partial charge in [-0.2, -0.15) is 5.10 Å². The summed E-state index contributed by atoms with van der Waals surface area (Å²) in [7, 11) is 0. The lowest BCUT2D eigenvalue weighted by Crippen LogP contribution is -2.46. The number of hydrogen-bond donors (Lipinski definition) is 3. The second-order valence-corrected chi connectivity index (χ2v) is 7.84. The maximum atomic E-state index is 13.3. The SMILES string of the molecule is CCc1c(C(=O)N2CCNCC2)nc(Nc2cc(C3CC3)[nH]n2)c2ccccc12.Cl. The van der Waals surface area contributed by atoms with Gasteiger partial charge in [0.15, 0.2) is 5.82 Å². The molecule has 0 atom stereocenters. The molecule has 0 unspecified atom stereocenters. The molecule has 3 heterocycles. The summed E-state index contributed by atoms with van der Waals surface area (Å²) >= 11 is 0. The van der Waals surface area contributed by atoms with Gasteiger partial charge in [0.1, 0.15) is 11.5 Å². The zero-order valence-corrected chi connectivity index (χ0v) is 17.9. The van der Waals surface area contributed by atoms with Crippen LogP contribution in [0.25, 0.3) is 10.8 Å². The van der Waals surface area contributed by atoms with Gasteiger partial charge in [0.2, 0.25) is 0 Å². The predicted molar refractivity (Wildman–Crippen MR) is 121 cm³/mol. The van der Waals surface area contributed by atoms with Crippen LogP contribution in [0.15, 0.2) is 30.3 Å². The van der Waals surface area contributed by atoms with E-state index in [2.05, 4.69) is 46.0 Å². The van der Waals surface area contributed by atoms with E-state index in [0.29, 0.717) is 30.5 Å². The van der Waals surface area contributed by atoms with Crippen LogP contribution in [0.3, 0.4) is 0 Å². The molecular weight excluding hydrogens is 400 g/mol. The molecule has 5 rings (SSSR count). The van der Waals surface area contributed by atoms with Gasteiger partial charge in [0, 0.05) is 49.2 Å². The van der Waals surface area contributed by atoms with Gasteiger partial charge < -0.3 is 15.5 Å². The number of carbonyl (C=O) groups is 1. The Kier molecular flexibility index (Phi) is 5.92. The van der Waals surface area contributed by atoms with E-state index in [0.717, 1.165) is 41.7 Å². The lowest BCUT2D eigenvalue weighted by Gasteiger charge is -2.28. The quantitative estimate of drug-likeness (QED) is 0.580. The molecule has 7 nitrogen and oxygen atoms in total. The minimum Gasteiger partial charge on any atom is -0.335 e. The fraction of sp³-hybridized carbons (Fsp3) is 0.409. The number of H-pyrrole nitrogens is 1. The predicted octanol–water partition coefficient (Wildman–Crippen LogP) is 3.61. The van der Waals surface area contributed by atoms with E-state index < -0.39 is 0 Å². The number of fused-ring (bicyclic) bond motifs is 1. The Hall–Kier alpha value is -2.64. The number of benzene rings is 1. The number of aromatic amines is 1. The van der Waals surface area contributed by atoms with Crippen molar-refractivity contribution >= 4 is 40.7 Å². The molecule has 1 amide bonds. The van der Waals surface area contributed by atoms with Gasteiger partial charge in [-0.05, 0) is 30.2 Å². The van der Waals surface area contributed by atoms with Gasteiger partial charge in [-0.25, -0.2) is 4.98 Å². The molecule has 0 radical (unpaired) electrons. The summed E-state index contributed by atoms with van der Waals surface area (Å²) in [6, 6.07) is 10.2. The fourth-order valence-electron chi connectivity index (χ4n) is 4.09. The molecule has 2 aromatic heterocycles. The summed E-state index contributed by atoms with van der Waals surface area (Å²) in [5.41, 5.74) is 2.73. The van der Waals surface area contributed by atoms with Crippen LogP contribution >= 0.6 is 12.4 Å². The van der Waals surface area contributed by atoms with E-state index in [1.165, 1.54) is 18.5 Å². The van der Waals surface area contributed by atoms with Crippen molar-refractivity contribution < 1.29 is 4.79 Å². The number of nitrogens with one attached hydrogen (secondary N) is 3. The molecule has 0 bridgehead atoms. The van der Waals surface area contributed by atoms with Crippen molar-refractivity contribution in [2.45, 2.75) is 32.1 Å². The summed E-state index contributed by atoms with van der Waals surface area (Å²) < 4.78 is 0. The summed E-state index contributed by atoms with van der Waals surface area (Å²) in [5, 5.41) is 16.3. The van der Waals surface area contributed by atoms with Crippen molar-refractivity contribution in [3.8, 4) is 0 Å². The summed E-state index contributed by atoms with van der Waals surface area (Å²) in [6.45, 7) is 5.15. The van der Waals surface area contributed by atoms with Gasteiger partial charge in [-0.15, -0.1) is 12.4 Å². The number of aryl methyl sites for hydroxylation is 1. The zero-order chi connectivity index (χ0) is 19.8. The maximum Gasteiger partial charge on any atom is 0.272 e. The van der Waals surface area contributed by atoms with Crippen LogP contribution in [0.1, 0.15) is 47.4 Å². The van der Waals surface area contributed by atoms with Crippen LogP contribution < -0.4 is 10.6 Å². The molecule has 1 saturated carbocycles. The summed E-state index contributed by atoms with van der Waals surface area (Å²) in [4.78, 5) is 20.0. The number of pyridine rings is 1. The highest BCUT2D eigenvalue weighted by atomic mass is 35.5. The molecule has 1 saturated heterocycles. The molecule has 1 aliphatic carbocycles. The van der Waals surface area contributed by atoms with Gasteiger partial charge in [-0.1, -0.05) is 31.2 Å². The number of piperazine rings is 1. The van der Waals surface area contributed by atoms with Gasteiger partial charge >= 0.3 is 0 Å². The standard InChI is InChI=1S/C22H26N6O.ClH/c1-2-15-16-5-3-4-6-17(16)21(24-19-13-18(26-27-19)14-7-8-14)25-20(15)22(29)28-11-9-23-10-12-28;/h3-6,13-14,23H,2,7-12H2,1H3,(H2,24,25,26,27);1H. The summed E-state index contributed by atoms with van der Waals surface area (Å²) in [5.74, 6) is 2.05. The number of anilines is 2. The van der Waals surface area contributed by atoms with Gasteiger partial charge in [0.25, 0.3) is 5.91 Å². The first kappa shape index (κ1) is 20.6. The second kappa shape index (κ2) is 8.62. The van der Waals surface area contributed by atoms with Crippen molar-refractivity contribution in [2.75, 3.05) is 31.5 Å². The van der Waals surface area contributed by atoms with E-state index in [1.54, 1.807) is 0 Å². The molecular formula is C22H27ClN6O. The number of hydrogen-bond acceptors (Lipinski definition) is 5. The topological polar surface area (TPSA) is 85.9 Å². The first-order valence-electron chi connectivity index (χ1n) is 10.5. The first-order valence-corrected chi connectivity index (χ1v) is 10.5. The Morgan fingerprint density at radius 1 is 1.20 bits per heavy atom. The number of rotatable bonds is 5. The van der Waals surface area contributed by atoms with Crippen LogP contribution in [0.2, 0.25) is 0 Å². The van der Waals surface area contributed by atoms with Gasteiger partial charge in [-0.3, -0.25) is 9.89 Å². The molecule has 1 aliphatic heterocycles. The van der Waals surface area contributed by atoms with E-state index in [9.17, 15) is 4.79 Å². The van der Waals surface area contributed by atoms with E-state index in [-0.39, 0.29) is 18.3 Å². The van der Waals surface area contributed by atoms with Crippen LogP contribution in [0, 0.1) is 0 Å². The monoisotopic (exact) mass is 426 g/mol. The molecule has 0 spiro atoms. The fourth-order valence-corrected chi connectivity index (χ4v) is 4.09. The minimum absolute atomic E-state index is 0. The van der Waals surface area contributed by atoms with Crippen LogP contribution in [0.4, 0.5) is 11.6 Å².